The Morgan fingerprint density at radius 3 is 2.12 bits per heavy atom. The monoisotopic (exact) mass is 243 g/mol. The quantitative estimate of drug-likeness (QED) is 0.672. The Bertz CT molecular complexity index is 252. The van der Waals surface area contributed by atoms with Crippen molar-refractivity contribution >= 4 is 11.8 Å². The van der Waals surface area contributed by atoms with Crippen molar-refractivity contribution in [1.29, 1.82) is 0 Å². The number of nitrogens with zero attached hydrogens (tertiary/aromatic N) is 1. The second kappa shape index (κ2) is 8.06. The molecule has 2 unspecified atom stereocenters. The number of likely N-dealkylation sites (N-methyl/N-ethyl adjacent to an activating group) is 1. The molecule has 5 nitrogen and oxygen atoms in total. The molecule has 0 bridgehead atoms. The van der Waals surface area contributed by atoms with E-state index in [9.17, 15) is 9.59 Å². The van der Waals surface area contributed by atoms with Gasteiger partial charge < -0.3 is 15.5 Å². The van der Waals surface area contributed by atoms with E-state index in [1.807, 2.05) is 20.8 Å². The van der Waals surface area contributed by atoms with Crippen LogP contribution in [-0.2, 0) is 9.59 Å². The van der Waals surface area contributed by atoms with E-state index in [0.29, 0.717) is 19.6 Å². The fourth-order valence-electron chi connectivity index (χ4n) is 1.63. The average Bonchev–Trinajstić information content (AvgIpc) is 2.30. The molecule has 5 heteroatoms. The second-order valence-electron chi connectivity index (χ2n) is 4.20. The lowest BCUT2D eigenvalue weighted by Gasteiger charge is -2.24. The van der Waals surface area contributed by atoms with Gasteiger partial charge >= 0.3 is 0 Å². The topological polar surface area (TPSA) is 61.4 Å². The van der Waals surface area contributed by atoms with Gasteiger partial charge in [-0.3, -0.25) is 9.59 Å². The van der Waals surface area contributed by atoms with E-state index in [2.05, 4.69) is 10.6 Å². The summed E-state index contributed by atoms with van der Waals surface area (Å²) in [5.41, 5.74) is 0. The SMILES string of the molecule is CCN(CC)C(=O)C(C)NC(=O)C(C)CNC. The van der Waals surface area contributed by atoms with Crippen molar-refractivity contribution in [2.45, 2.75) is 33.7 Å². The molecule has 17 heavy (non-hydrogen) atoms. The lowest BCUT2D eigenvalue weighted by molar-refractivity contribution is -0.136. The van der Waals surface area contributed by atoms with Crippen LogP contribution in [0.5, 0.6) is 0 Å². The molecule has 0 aliphatic carbocycles. The molecule has 0 saturated carbocycles. The van der Waals surface area contributed by atoms with Crippen LogP contribution in [0.25, 0.3) is 0 Å². The second-order valence-corrected chi connectivity index (χ2v) is 4.20. The van der Waals surface area contributed by atoms with Crippen LogP contribution in [-0.4, -0.2) is 49.4 Å². The van der Waals surface area contributed by atoms with Gasteiger partial charge in [-0.1, -0.05) is 6.92 Å². The van der Waals surface area contributed by atoms with Crippen molar-refractivity contribution in [1.82, 2.24) is 15.5 Å². The molecule has 0 aromatic heterocycles. The van der Waals surface area contributed by atoms with Crippen LogP contribution in [0.4, 0.5) is 0 Å². The van der Waals surface area contributed by atoms with E-state index in [0.717, 1.165) is 0 Å². The van der Waals surface area contributed by atoms with Gasteiger partial charge in [-0.05, 0) is 27.8 Å². The maximum Gasteiger partial charge on any atom is 0.244 e. The van der Waals surface area contributed by atoms with E-state index in [4.69, 9.17) is 0 Å². The molecule has 0 aromatic rings. The van der Waals surface area contributed by atoms with E-state index in [1.165, 1.54) is 0 Å². The highest BCUT2D eigenvalue weighted by molar-refractivity contribution is 5.88. The van der Waals surface area contributed by atoms with Crippen molar-refractivity contribution in [3.05, 3.63) is 0 Å². The van der Waals surface area contributed by atoms with Crippen LogP contribution in [0.2, 0.25) is 0 Å². The fourth-order valence-corrected chi connectivity index (χ4v) is 1.63. The first kappa shape index (κ1) is 15.9. The molecule has 0 aromatic carbocycles. The van der Waals surface area contributed by atoms with Gasteiger partial charge in [0.1, 0.15) is 6.04 Å². The number of amides is 2. The van der Waals surface area contributed by atoms with Crippen LogP contribution < -0.4 is 10.6 Å². The van der Waals surface area contributed by atoms with Crippen molar-refractivity contribution in [3.8, 4) is 0 Å². The van der Waals surface area contributed by atoms with Gasteiger partial charge in [0.25, 0.3) is 0 Å². The summed E-state index contributed by atoms with van der Waals surface area (Å²) >= 11 is 0. The maximum absolute atomic E-state index is 11.9. The van der Waals surface area contributed by atoms with Crippen molar-refractivity contribution < 1.29 is 9.59 Å². The third kappa shape index (κ3) is 5.17. The molecule has 0 fully saturated rings. The van der Waals surface area contributed by atoms with Gasteiger partial charge in [0.2, 0.25) is 11.8 Å². The molecule has 0 rings (SSSR count). The number of carbonyl (C=O) groups excluding carboxylic acids is 2. The largest absolute Gasteiger partial charge is 0.344 e. The molecule has 0 saturated heterocycles. The summed E-state index contributed by atoms with van der Waals surface area (Å²) in [5, 5.41) is 5.68. The Morgan fingerprint density at radius 2 is 1.71 bits per heavy atom. The highest BCUT2D eigenvalue weighted by Gasteiger charge is 2.21. The summed E-state index contributed by atoms with van der Waals surface area (Å²) in [6.45, 7) is 9.37. The molecule has 2 atom stereocenters. The molecular weight excluding hydrogens is 218 g/mol. The molecule has 0 spiro atoms. The average molecular weight is 243 g/mol. The summed E-state index contributed by atoms with van der Waals surface area (Å²) in [5.74, 6) is -0.251. The first-order valence-corrected chi connectivity index (χ1v) is 6.21. The zero-order chi connectivity index (χ0) is 13.4. The zero-order valence-corrected chi connectivity index (χ0v) is 11.5. The summed E-state index contributed by atoms with van der Waals surface area (Å²) in [4.78, 5) is 25.4. The van der Waals surface area contributed by atoms with E-state index < -0.39 is 6.04 Å². The van der Waals surface area contributed by atoms with Gasteiger partial charge in [0.15, 0.2) is 0 Å². The molecule has 2 amide bonds. The number of hydrogen-bond acceptors (Lipinski definition) is 3. The van der Waals surface area contributed by atoms with Gasteiger partial charge in [-0.2, -0.15) is 0 Å². The van der Waals surface area contributed by atoms with Gasteiger partial charge in [-0.15, -0.1) is 0 Å². The Morgan fingerprint density at radius 1 is 1.18 bits per heavy atom. The number of carbonyl (C=O) groups is 2. The maximum atomic E-state index is 11.9. The highest BCUT2D eigenvalue weighted by atomic mass is 16.2. The molecule has 100 valence electrons. The molecule has 0 heterocycles. The minimum absolute atomic E-state index is 0.0278. The summed E-state index contributed by atoms with van der Waals surface area (Å²) in [6, 6.07) is -0.457. The van der Waals surface area contributed by atoms with Crippen LogP contribution in [0, 0.1) is 5.92 Å². The number of nitrogens with one attached hydrogen (secondary N) is 2. The smallest absolute Gasteiger partial charge is 0.244 e. The summed E-state index contributed by atoms with van der Waals surface area (Å²) in [6.07, 6.45) is 0. The van der Waals surface area contributed by atoms with Crippen molar-refractivity contribution in [2.75, 3.05) is 26.7 Å². The van der Waals surface area contributed by atoms with Gasteiger partial charge in [-0.25, -0.2) is 0 Å². The molecular formula is C12H25N3O2. The van der Waals surface area contributed by atoms with Crippen LogP contribution in [0.3, 0.4) is 0 Å². The Kier molecular flexibility index (Phi) is 7.54. The van der Waals surface area contributed by atoms with Crippen LogP contribution in [0.15, 0.2) is 0 Å². The number of rotatable bonds is 7. The van der Waals surface area contributed by atoms with Crippen molar-refractivity contribution in [2.24, 2.45) is 5.92 Å². The molecule has 0 radical (unpaired) electrons. The highest BCUT2D eigenvalue weighted by Crippen LogP contribution is 1.98. The lowest BCUT2D eigenvalue weighted by atomic mass is 10.1. The van der Waals surface area contributed by atoms with Crippen molar-refractivity contribution in [3.63, 3.8) is 0 Å². The first-order chi connectivity index (χ1) is 7.97. The number of hydrogen-bond donors (Lipinski definition) is 2. The van der Waals surface area contributed by atoms with Gasteiger partial charge in [0.05, 0.1) is 0 Å². The van der Waals surface area contributed by atoms with E-state index >= 15 is 0 Å². The third-order valence-electron chi connectivity index (χ3n) is 2.76. The molecule has 0 aliphatic rings. The summed E-state index contributed by atoms with van der Waals surface area (Å²) in [7, 11) is 1.80. The van der Waals surface area contributed by atoms with Crippen LogP contribution >= 0.6 is 0 Å². The fraction of sp³-hybridized carbons (Fsp3) is 0.833. The first-order valence-electron chi connectivity index (χ1n) is 6.21. The minimum Gasteiger partial charge on any atom is -0.344 e. The van der Waals surface area contributed by atoms with Crippen LogP contribution in [0.1, 0.15) is 27.7 Å². The van der Waals surface area contributed by atoms with E-state index in [-0.39, 0.29) is 17.7 Å². The predicted molar refractivity (Wildman–Crippen MR) is 68.6 cm³/mol. The predicted octanol–water partition coefficient (Wildman–Crippen LogP) is 0.215. The third-order valence-corrected chi connectivity index (χ3v) is 2.76. The Balaban J connectivity index is 4.28. The summed E-state index contributed by atoms with van der Waals surface area (Å²) < 4.78 is 0. The molecule has 0 aliphatic heterocycles. The lowest BCUT2D eigenvalue weighted by Crippen LogP contribution is -2.48. The minimum atomic E-state index is -0.457. The van der Waals surface area contributed by atoms with E-state index in [1.54, 1.807) is 18.9 Å². The molecule has 2 N–H and O–H groups in total. The Labute approximate surface area is 104 Å². The zero-order valence-electron chi connectivity index (χ0n) is 11.5. The van der Waals surface area contributed by atoms with Gasteiger partial charge in [0, 0.05) is 25.6 Å². The standard InChI is InChI=1S/C12H25N3O2/c1-6-15(7-2)12(17)10(4)14-11(16)9(3)8-13-5/h9-10,13H,6-8H2,1-5H3,(H,14,16). The normalized spacial score (nSPS) is 13.9. The Hall–Kier alpha value is -1.10.